The molecule has 1 atom stereocenters. The number of amides is 2. The third-order valence-corrected chi connectivity index (χ3v) is 6.23. The third kappa shape index (κ3) is 7.18. The van der Waals surface area contributed by atoms with Crippen LogP contribution < -0.4 is 10.6 Å². The van der Waals surface area contributed by atoms with Crippen molar-refractivity contribution in [1.29, 1.82) is 0 Å². The van der Waals surface area contributed by atoms with Gasteiger partial charge in [0.1, 0.15) is 5.01 Å². The Hall–Kier alpha value is -2.32. The van der Waals surface area contributed by atoms with E-state index in [4.69, 9.17) is 0 Å². The van der Waals surface area contributed by atoms with Crippen LogP contribution >= 0.6 is 11.3 Å². The Morgan fingerprint density at radius 3 is 2.80 bits per heavy atom. The Morgan fingerprint density at radius 1 is 1.23 bits per heavy atom. The molecule has 0 unspecified atom stereocenters. The molecule has 0 saturated carbocycles. The number of carbonyl (C=O) groups excluding carboxylic acids is 2. The number of carbonyl (C=O) groups is 2. The smallest absolute Gasteiger partial charge is 0.286 e. The molecule has 1 saturated heterocycles. The lowest BCUT2D eigenvalue weighted by Crippen LogP contribution is -2.36. The van der Waals surface area contributed by atoms with E-state index in [2.05, 4.69) is 32.7 Å². The maximum Gasteiger partial charge on any atom is 0.286 e. The zero-order valence-electron chi connectivity index (χ0n) is 17.8. The Kier molecular flexibility index (Phi) is 8.33. The quantitative estimate of drug-likeness (QED) is 0.598. The SMILES string of the molecule is Cc1ccc(NC(=O)c2nnc(CCC(=O)NCCCN3CCC[C@@H](C)C3)s2)cc1. The maximum absolute atomic E-state index is 12.3. The van der Waals surface area contributed by atoms with Gasteiger partial charge in [-0.2, -0.15) is 0 Å². The summed E-state index contributed by atoms with van der Waals surface area (Å²) in [7, 11) is 0. The van der Waals surface area contributed by atoms with Gasteiger partial charge in [-0.3, -0.25) is 9.59 Å². The largest absolute Gasteiger partial charge is 0.356 e. The van der Waals surface area contributed by atoms with E-state index in [1.807, 2.05) is 31.2 Å². The molecule has 0 spiro atoms. The van der Waals surface area contributed by atoms with Crippen LogP contribution in [0.1, 0.15) is 53.0 Å². The minimum atomic E-state index is -0.279. The molecule has 1 fully saturated rings. The molecule has 1 aromatic carbocycles. The van der Waals surface area contributed by atoms with Crippen molar-refractivity contribution in [2.45, 2.75) is 46.0 Å². The second kappa shape index (κ2) is 11.2. The molecule has 8 heteroatoms. The van der Waals surface area contributed by atoms with Crippen molar-refractivity contribution in [1.82, 2.24) is 20.4 Å². The predicted molar refractivity (Wildman–Crippen MR) is 120 cm³/mol. The zero-order chi connectivity index (χ0) is 21.3. The molecule has 3 rings (SSSR count). The first kappa shape index (κ1) is 22.4. The maximum atomic E-state index is 12.3. The molecule has 2 N–H and O–H groups in total. The molecule has 0 aliphatic carbocycles. The van der Waals surface area contributed by atoms with Crippen molar-refractivity contribution in [2.24, 2.45) is 5.92 Å². The van der Waals surface area contributed by atoms with Gasteiger partial charge in [-0.15, -0.1) is 10.2 Å². The van der Waals surface area contributed by atoms with Gasteiger partial charge in [-0.25, -0.2) is 0 Å². The van der Waals surface area contributed by atoms with Gasteiger partial charge in [0, 0.05) is 31.6 Å². The van der Waals surface area contributed by atoms with Crippen molar-refractivity contribution in [3.8, 4) is 0 Å². The van der Waals surface area contributed by atoms with E-state index < -0.39 is 0 Å². The van der Waals surface area contributed by atoms with Crippen LogP contribution in [0, 0.1) is 12.8 Å². The number of aryl methyl sites for hydroxylation is 2. The van der Waals surface area contributed by atoms with Crippen LogP contribution in [-0.4, -0.2) is 53.1 Å². The van der Waals surface area contributed by atoms with Crippen molar-refractivity contribution in [3.05, 3.63) is 39.8 Å². The highest BCUT2D eigenvalue weighted by molar-refractivity contribution is 7.13. The van der Waals surface area contributed by atoms with Gasteiger partial charge >= 0.3 is 0 Å². The van der Waals surface area contributed by atoms with E-state index in [9.17, 15) is 9.59 Å². The van der Waals surface area contributed by atoms with Gasteiger partial charge in [0.05, 0.1) is 0 Å². The standard InChI is InChI=1S/C22H31N5O2S/c1-16-6-8-18(9-7-16)24-21(29)22-26-25-20(30-22)11-10-19(28)23-12-4-14-27-13-3-5-17(2)15-27/h6-9,17H,3-5,10-15H2,1-2H3,(H,23,28)(H,24,29)/t17-/m1/s1. The Balaban J connectivity index is 1.33. The topological polar surface area (TPSA) is 87.2 Å². The fourth-order valence-corrected chi connectivity index (χ4v) is 4.33. The van der Waals surface area contributed by atoms with Gasteiger partial charge in [-0.1, -0.05) is 36.0 Å². The third-order valence-electron chi connectivity index (χ3n) is 5.25. The predicted octanol–water partition coefficient (Wildman–Crippen LogP) is 3.27. The van der Waals surface area contributed by atoms with Crippen molar-refractivity contribution < 1.29 is 9.59 Å². The lowest BCUT2D eigenvalue weighted by Gasteiger charge is -2.30. The van der Waals surface area contributed by atoms with Crippen LogP contribution in [0.5, 0.6) is 0 Å². The van der Waals surface area contributed by atoms with E-state index in [1.54, 1.807) is 0 Å². The Morgan fingerprint density at radius 2 is 2.03 bits per heavy atom. The molecule has 2 heterocycles. The first-order valence-electron chi connectivity index (χ1n) is 10.7. The second-order valence-electron chi connectivity index (χ2n) is 8.07. The molecule has 2 amide bonds. The van der Waals surface area contributed by atoms with Crippen molar-refractivity contribution in [3.63, 3.8) is 0 Å². The highest BCUT2D eigenvalue weighted by Crippen LogP contribution is 2.16. The molecule has 1 aliphatic rings. The summed E-state index contributed by atoms with van der Waals surface area (Å²) in [5.74, 6) is 0.520. The number of piperidine rings is 1. The van der Waals surface area contributed by atoms with Gasteiger partial charge in [0.15, 0.2) is 0 Å². The first-order chi connectivity index (χ1) is 14.5. The number of hydrogen-bond acceptors (Lipinski definition) is 6. The van der Waals surface area contributed by atoms with E-state index in [0.717, 1.165) is 30.1 Å². The van der Waals surface area contributed by atoms with E-state index in [-0.39, 0.29) is 11.8 Å². The lowest BCUT2D eigenvalue weighted by atomic mass is 10.0. The van der Waals surface area contributed by atoms with Gasteiger partial charge in [-0.05, 0) is 57.3 Å². The normalized spacial score (nSPS) is 16.9. The number of benzene rings is 1. The summed E-state index contributed by atoms with van der Waals surface area (Å²) in [5.41, 5.74) is 1.85. The van der Waals surface area contributed by atoms with E-state index >= 15 is 0 Å². The Labute approximate surface area is 182 Å². The first-order valence-corrected chi connectivity index (χ1v) is 11.5. The molecule has 2 aromatic rings. The number of nitrogens with zero attached hydrogens (tertiary/aromatic N) is 3. The molecular formula is C22H31N5O2S. The molecular weight excluding hydrogens is 398 g/mol. The van der Waals surface area contributed by atoms with Crippen LogP contribution in [0.3, 0.4) is 0 Å². The summed E-state index contributed by atoms with van der Waals surface area (Å²) in [4.78, 5) is 26.9. The van der Waals surface area contributed by atoms with Crippen LogP contribution in [0.15, 0.2) is 24.3 Å². The Bertz CT molecular complexity index is 836. The number of aromatic nitrogens is 2. The lowest BCUT2D eigenvalue weighted by molar-refractivity contribution is -0.121. The average Bonchev–Trinajstić information content (AvgIpc) is 3.21. The van der Waals surface area contributed by atoms with Crippen LogP contribution in [0.25, 0.3) is 0 Å². The summed E-state index contributed by atoms with van der Waals surface area (Å²) >= 11 is 1.23. The highest BCUT2D eigenvalue weighted by Gasteiger charge is 2.16. The minimum absolute atomic E-state index is 0.0165. The van der Waals surface area contributed by atoms with Gasteiger partial charge in [0.2, 0.25) is 10.9 Å². The van der Waals surface area contributed by atoms with Crippen LogP contribution in [-0.2, 0) is 11.2 Å². The van der Waals surface area contributed by atoms with E-state index in [0.29, 0.717) is 29.4 Å². The fraction of sp³-hybridized carbons (Fsp3) is 0.545. The second-order valence-corrected chi connectivity index (χ2v) is 9.13. The van der Waals surface area contributed by atoms with Crippen LogP contribution in [0.4, 0.5) is 5.69 Å². The fourth-order valence-electron chi connectivity index (χ4n) is 3.60. The zero-order valence-corrected chi connectivity index (χ0v) is 18.6. The molecule has 7 nitrogen and oxygen atoms in total. The van der Waals surface area contributed by atoms with Crippen molar-refractivity contribution in [2.75, 3.05) is 31.5 Å². The van der Waals surface area contributed by atoms with E-state index in [1.165, 1.54) is 37.3 Å². The number of likely N-dealkylation sites (tertiary alicyclic amines) is 1. The highest BCUT2D eigenvalue weighted by atomic mass is 32.1. The minimum Gasteiger partial charge on any atom is -0.356 e. The molecule has 1 aliphatic heterocycles. The van der Waals surface area contributed by atoms with Crippen LogP contribution in [0.2, 0.25) is 0 Å². The average molecular weight is 430 g/mol. The number of rotatable bonds is 9. The summed E-state index contributed by atoms with van der Waals surface area (Å²) < 4.78 is 0. The molecule has 0 radical (unpaired) electrons. The van der Waals surface area contributed by atoms with Gasteiger partial charge in [0.25, 0.3) is 5.91 Å². The summed E-state index contributed by atoms with van der Waals surface area (Å²) in [6.45, 7) is 8.39. The summed E-state index contributed by atoms with van der Waals surface area (Å²) in [6, 6.07) is 7.58. The monoisotopic (exact) mass is 429 g/mol. The molecule has 162 valence electrons. The number of hydrogen-bond donors (Lipinski definition) is 2. The number of nitrogens with one attached hydrogen (secondary N) is 2. The number of anilines is 1. The molecule has 0 bridgehead atoms. The summed E-state index contributed by atoms with van der Waals surface area (Å²) in [5, 5.41) is 14.8. The van der Waals surface area contributed by atoms with Gasteiger partial charge < -0.3 is 15.5 Å². The molecule has 1 aromatic heterocycles. The summed E-state index contributed by atoms with van der Waals surface area (Å²) in [6.07, 6.45) is 4.43. The van der Waals surface area contributed by atoms with Crippen molar-refractivity contribution >= 4 is 28.8 Å². The molecule has 30 heavy (non-hydrogen) atoms.